The fourth-order valence-electron chi connectivity index (χ4n) is 5.07. The van der Waals surface area contributed by atoms with Crippen LogP contribution in [0.1, 0.15) is 67.4 Å². The molecule has 1 amide bonds. The minimum Gasteiger partial charge on any atom is -0.352 e. The Bertz CT molecular complexity index is 938. The van der Waals surface area contributed by atoms with Gasteiger partial charge in [0.05, 0.1) is 5.69 Å². The largest absolute Gasteiger partial charge is 0.352 e. The number of H-pyrrole nitrogens is 1. The van der Waals surface area contributed by atoms with Crippen LogP contribution in [-0.4, -0.2) is 35.8 Å². The molecule has 0 bridgehead atoms. The van der Waals surface area contributed by atoms with E-state index in [4.69, 9.17) is 0 Å². The Balaban J connectivity index is 1.75. The van der Waals surface area contributed by atoms with Crippen molar-refractivity contribution < 1.29 is 9.59 Å². The summed E-state index contributed by atoms with van der Waals surface area (Å²) in [6, 6.07) is 5.87. The number of carbonyl (C=O) groups excluding carboxylic acids is 2. The number of ketones is 1. The first kappa shape index (κ1) is 18.2. The summed E-state index contributed by atoms with van der Waals surface area (Å²) in [6.45, 7) is 12.3. The highest BCUT2D eigenvalue weighted by Gasteiger charge is 2.45. The first-order valence-corrected chi connectivity index (χ1v) is 9.83. The van der Waals surface area contributed by atoms with Gasteiger partial charge in [-0.05, 0) is 48.1 Å². The van der Waals surface area contributed by atoms with E-state index in [1.807, 2.05) is 32.0 Å². The van der Waals surface area contributed by atoms with E-state index in [0.29, 0.717) is 17.2 Å². The molecule has 5 heteroatoms. The number of hydrogen-bond acceptors (Lipinski definition) is 3. The second-order valence-corrected chi connectivity index (χ2v) is 9.62. The topological polar surface area (TPSA) is 74.0 Å². The third-order valence-corrected chi connectivity index (χ3v) is 6.30. The van der Waals surface area contributed by atoms with E-state index in [2.05, 4.69) is 36.4 Å². The van der Waals surface area contributed by atoms with Crippen LogP contribution in [0.15, 0.2) is 18.2 Å². The number of hydrogen-bond donors (Lipinski definition) is 3. The number of benzene rings is 1. The van der Waals surface area contributed by atoms with Gasteiger partial charge in [0.25, 0.3) is 5.91 Å². The summed E-state index contributed by atoms with van der Waals surface area (Å²) in [5.74, 6) is 0.536. The molecule has 1 fully saturated rings. The predicted octanol–water partition coefficient (Wildman–Crippen LogP) is 3.40. The molecule has 1 saturated heterocycles. The monoisotopic (exact) mass is 367 g/mol. The Hall–Kier alpha value is -2.14. The van der Waals surface area contributed by atoms with Crippen LogP contribution in [0.4, 0.5) is 0 Å². The van der Waals surface area contributed by atoms with Crippen LogP contribution < -0.4 is 10.6 Å². The maximum atomic E-state index is 13.0. The highest BCUT2D eigenvalue weighted by Crippen LogP contribution is 2.48. The highest BCUT2D eigenvalue weighted by atomic mass is 16.1. The molecule has 0 saturated carbocycles. The molecule has 2 atom stereocenters. The summed E-state index contributed by atoms with van der Waals surface area (Å²) in [4.78, 5) is 29.1. The lowest BCUT2D eigenvalue weighted by atomic mass is 9.63. The first-order chi connectivity index (χ1) is 12.6. The molecule has 0 spiro atoms. The van der Waals surface area contributed by atoms with E-state index < -0.39 is 0 Å². The van der Waals surface area contributed by atoms with E-state index in [9.17, 15) is 9.59 Å². The van der Waals surface area contributed by atoms with Gasteiger partial charge in [0, 0.05) is 34.5 Å². The number of fused-ring (bicyclic) bond motifs is 3. The quantitative estimate of drug-likeness (QED) is 0.762. The molecule has 0 radical (unpaired) electrons. The van der Waals surface area contributed by atoms with Crippen LogP contribution in [-0.2, 0) is 5.41 Å². The summed E-state index contributed by atoms with van der Waals surface area (Å²) in [6.07, 6.45) is 0.792. The average Bonchev–Trinajstić information content (AvgIpc) is 3.15. The predicted molar refractivity (Wildman–Crippen MR) is 107 cm³/mol. The number of amides is 1. The minimum absolute atomic E-state index is 0.0485. The summed E-state index contributed by atoms with van der Waals surface area (Å²) in [7, 11) is 0. The van der Waals surface area contributed by atoms with Crippen molar-refractivity contribution in [2.45, 2.75) is 52.5 Å². The lowest BCUT2D eigenvalue weighted by Gasteiger charge is -2.39. The maximum Gasteiger partial charge on any atom is 0.251 e. The molecule has 2 aromatic rings. The molecule has 1 aromatic heterocycles. The normalized spacial score (nSPS) is 26.2. The van der Waals surface area contributed by atoms with Crippen molar-refractivity contribution in [3.63, 3.8) is 0 Å². The smallest absolute Gasteiger partial charge is 0.251 e. The molecule has 2 heterocycles. The Labute approximate surface area is 160 Å². The van der Waals surface area contributed by atoms with Crippen LogP contribution in [0.5, 0.6) is 0 Å². The Morgan fingerprint density at radius 2 is 1.89 bits per heavy atom. The number of nitrogens with one attached hydrogen (secondary N) is 3. The molecule has 5 nitrogen and oxygen atoms in total. The lowest BCUT2D eigenvalue weighted by Crippen LogP contribution is -2.40. The lowest BCUT2D eigenvalue weighted by molar-refractivity contribution is 0.0759. The van der Waals surface area contributed by atoms with Gasteiger partial charge in [-0.25, -0.2) is 0 Å². The number of aromatic amines is 1. The van der Waals surface area contributed by atoms with Crippen LogP contribution in [0.2, 0.25) is 0 Å². The van der Waals surface area contributed by atoms with Crippen molar-refractivity contribution in [3.8, 4) is 0 Å². The van der Waals surface area contributed by atoms with E-state index in [1.54, 1.807) is 0 Å². The third-order valence-electron chi connectivity index (χ3n) is 6.30. The number of aromatic nitrogens is 1. The number of rotatable bonds is 2. The van der Waals surface area contributed by atoms with Gasteiger partial charge in [0.1, 0.15) is 0 Å². The van der Waals surface area contributed by atoms with Gasteiger partial charge < -0.3 is 15.6 Å². The molecule has 4 rings (SSSR count). The van der Waals surface area contributed by atoms with Gasteiger partial charge in [0.15, 0.2) is 5.78 Å². The molecule has 1 aromatic carbocycles. The Kier molecular flexibility index (Phi) is 4.00. The summed E-state index contributed by atoms with van der Waals surface area (Å²) < 4.78 is 0. The molecule has 27 heavy (non-hydrogen) atoms. The summed E-state index contributed by atoms with van der Waals surface area (Å²) in [5, 5.41) is 7.45. The second-order valence-electron chi connectivity index (χ2n) is 9.62. The Morgan fingerprint density at radius 1 is 1.15 bits per heavy atom. The zero-order chi connectivity index (χ0) is 19.6. The van der Waals surface area contributed by atoms with Crippen molar-refractivity contribution in [1.82, 2.24) is 15.6 Å². The average molecular weight is 367 g/mol. The molecule has 1 aliphatic heterocycles. The van der Waals surface area contributed by atoms with Crippen LogP contribution in [0.25, 0.3) is 10.9 Å². The molecule has 2 aliphatic rings. The molecule has 1 aliphatic carbocycles. The van der Waals surface area contributed by atoms with Crippen molar-refractivity contribution in [3.05, 3.63) is 35.0 Å². The first-order valence-electron chi connectivity index (χ1n) is 9.83. The van der Waals surface area contributed by atoms with Gasteiger partial charge >= 0.3 is 0 Å². The molecular formula is C22H29N3O2. The summed E-state index contributed by atoms with van der Waals surface area (Å²) in [5.41, 5.74) is 2.81. The summed E-state index contributed by atoms with van der Waals surface area (Å²) >= 11 is 0. The number of Topliss-reactive ketones (excluding diaryl/α,β-unsaturated/α-hetero) is 1. The van der Waals surface area contributed by atoms with Crippen LogP contribution in [0, 0.1) is 11.3 Å². The fraction of sp³-hybridized carbons (Fsp3) is 0.545. The molecule has 2 unspecified atom stereocenters. The molecule has 3 N–H and O–H groups in total. The van der Waals surface area contributed by atoms with Gasteiger partial charge in [-0.1, -0.05) is 34.6 Å². The zero-order valence-corrected chi connectivity index (χ0v) is 16.8. The van der Waals surface area contributed by atoms with E-state index in [0.717, 1.165) is 36.0 Å². The minimum atomic E-state index is -0.386. The van der Waals surface area contributed by atoms with E-state index >= 15 is 0 Å². The van der Waals surface area contributed by atoms with Crippen LogP contribution >= 0.6 is 0 Å². The standard InChI is InChI=1S/C22H29N3O2/c1-12-9-23-10-16(12)25-20(27)13-6-7-15-14(8-13)17-18(24-15)19(26)22(4,5)11-21(17,2)3/h6-8,12,16,23-24H,9-11H2,1-5H3,(H,25,27). The van der Waals surface area contributed by atoms with E-state index in [-0.39, 0.29) is 28.6 Å². The Morgan fingerprint density at radius 3 is 2.56 bits per heavy atom. The van der Waals surface area contributed by atoms with Crippen molar-refractivity contribution in [2.75, 3.05) is 13.1 Å². The molecule has 144 valence electrons. The maximum absolute atomic E-state index is 13.0. The van der Waals surface area contributed by atoms with Gasteiger partial charge in [-0.2, -0.15) is 0 Å². The van der Waals surface area contributed by atoms with Gasteiger partial charge in [-0.3, -0.25) is 9.59 Å². The van der Waals surface area contributed by atoms with E-state index in [1.165, 1.54) is 0 Å². The van der Waals surface area contributed by atoms with Crippen molar-refractivity contribution >= 4 is 22.6 Å². The van der Waals surface area contributed by atoms with Crippen molar-refractivity contribution in [1.29, 1.82) is 0 Å². The van der Waals surface area contributed by atoms with Gasteiger partial charge in [-0.15, -0.1) is 0 Å². The van der Waals surface area contributed by atoms with Gasteiger partial charge in [0.2, 0.25) is 0 Å². The third kappa shape index (κ3) is 2.89. The van der Waals surface area contributed by atoms with Crippen LogP contribution in [0.3, 0.4) is 0 Å². The van der Waals surface area contributed by atoms with Crippen molar-refractivity contribution in [2.24, 2.45) is 11.3 Å². The molecular weight excluding hydrogens is 338 g/mol. The number of carbonyl (C=O) groups is 2. The fourth-order valence-corrected chi connectivity index (χ4v) is 5.07. The SMILES string of the molecule is CC1CNCC1NC(=O)c1ccc2[nH]c3c(c2c1)C(C)(C)CC(C)(C)C3=O. The highest BCUT2D eigenvalue weighted by molar-refractivity contribution is 6.08. The second kappa shape index (κ2) is 5.93. The zero-order valence-electron chi connectivity index (χ0n) is 16.8.